The fourth-order valence-electron chi connectivity index (χ4n) is 1.20. The molecular formula is C10H11N5. The molecular weight excluding hydrogens is 190 g/mol. The summed E-state index contributed by atoms with van der Waals surface area (Å²) in [6.45, 7) is 1.92. The van der Waals surface area contributed by atoms with Gasteiger partial charge in [0.05, 0.1) is 11.4 Å². The molecule has 76 valence electrons. The van der Waals surface area contributed by atoms with Gasteiger partial charge in [-0.15, -0.1) is 0 Å². The van der Waals surface area contributed by atoms with Crippen molar-refractivity contribution in [2.75, 3.05) is 11.1 Å². The molecule has 2 aromatic rings. The average molecular weight is 201 g/mol. The maximum atomic E-state index is 5.54. The van der Waals surface area contributed by atoms with Crippen LogP contribution in [0.4, 0.5) is 17.3 Å². The Kier molecular flexibility index (Phi) is 2.45. The Hall–Kier alpha value is -2.17. The van der Waals surface area contributed by atoms with E-state index in [4.69, 9.17) is 5.73 Å². The van der Waals surface area contributed by atoms with Crippen LogP contribution in [0.25, 0.3) is 0 Å². The van der Waals surface area contributed by atoms with Gasteiger partial charge in [0.2, 0.25) is 0 Å². The highest BCUT2D eigenvalue weighted by molar-refractivity contribution is 5.59. The number of nitrogens with zero attached hydrogens (tertiary/aromatic N) is 3. The van der Waals surface area contributed by atoms with Crippen molar-refractivity contribution in [1.29, 1.82) is 0 Å². The Morgan fingerprint density at radius 1 is 1.27 bits per heavy atom. The molecule has 2 aromatic heterocycles. The molecule has 0 radical (unpaired) electrons. The Balaban J connectivity index is 2.26. The van der Waals surface area contributed by atoms with Crippen LogP contribution in [0.5, 0.6) is 0 Å². The molecule has 0 saturated carbocycles. The molecule has 0 saturated heterocycles. The van der Waals surface area contributed by atoms with Gasteiger partial charge in [0.1, 0.15) is 18.0 Å². The third-order valence-corrected chi connectivity index (χ3v) is 1.96. The number of hydrogen-bond acceptors (Lipinski definition) is 5. The third kappa shape index (κ3) is 2.19. The second-order valence-electron chi connectivity index (χ2n) is 3.09. The summed E-state index contributed by atoms with van der Waals surface area (Å²) >= 11 is 0. The summed E-state index contributed by atoms with van der Waals surface area (Å²) in [4.78, 5) is 12.0. The molecule has 2 heterocycles. The van der Waals surface area contributed by atoms with Crippen LogP contribution in [0.15, 0.2) is 30.7 Å². The van der Waals surface area contributed by atoms with Gasteiger partial charge >= 0.3 is 0 Å². The van der Waals surface area contributed by atoms with E-state index in [0.717, 1.165) is 11.4 Å². The van der Waals surface area contributed by atoms with E-state index in [1.807, 2.05) is 19.1 Å². The van der Waals surface area contributed by atoms with Crippen molar-refractivity contribution in [2.45, 2.75) is 6.92 Å². The van der Waals surface area contributed by atoms with Crippen LogP contribution in [0.1, 0.15) is 5.69 Å². The number of aryl methyl sites for hydroxylation is 1. The molecule has 0 spiro atoms. The van der Waals surface area contributed by atoms with Crippen LogP contribution in [0.3, 0.4) is 0 Å². The van der Waals surface area contributed by atoms with E-state index in [1.54, 1.807) is 12.3 Å². The van der Waals surface area contributed by atoms with Crippen molar-refractivity contribution >= 4 is 17.3 Å². The minimum absolute atomic E-state index is 0.439. The lowest BCUT2D eigenvalue weighted by molar-refractivity contribution is 1.16. The molecule has 0 aliphatic carbocycles. The summed E-state index contributed by atoms with van der Waals surface area (Å²) < 4.78 is 0. The minimum Gasteiger partial charge on any atom is -0.384 e. The zero-order chi connectivity index (χ0) is 10.7. The first-order valence-corrected chi connectivity index (χ1v) is 4.52. The first kappa shape index (κ1) is 9.39. The van der Waals surface area contributed by atoms with Crippen LogP contribution >= 0.6 is 0 Å². The quantitative estimate of drug-likeness (QED) is 0.770. The van der Waals surface area contributed by atoms with Gasteiger partial charge in [-0.2, -0.15) is 0 Å². The molecule has 0 amide bonds. The van der Waals surface area contributed by atoms with Crippen molar-refractivity contribution in [3.8, 4) is 0 Å². The summed E-state index contributed by atoms with van der Waals surface area (Å²) in [6.07, 6.45) is 3.16. The topological polar surface area (TPSA) is 76.7 Å². The first-order valence-electron chi connectivity index (χ1n) is 4.52. The average Bonchev–Trinajstić information content (AvgIpc) is 2.22. The van der Waals surface area contributed by atoms with Crippen molar-refractivity contribution in [1.82, 2.24) is 15.0 Å². The highest BCUT2D eigenvalue weighted by Gasteiger charge is 2.00. The van der Waals surface area contributed by atoms with Gasteiger partial charge in [-0.05, 0) is 19.1 Å². The van der Waals surface area contributed by atoms with Crippen molar-refractivity contribution in [2.24, 2.45) is 0 Å². The molecule has 0 atom stereocenters. The predicted octanol–water partition coefficient (Wildman–Crippen LogP) is 1.51. The second kappa shape index (κ2) is 3.91. The highest BCUT2D eigenvalue weighted by Crippen LogP contribution is 2.16. The lowest BCUT2D eigenvalue weighted by Gasteiger charge is -2.07. The molecule has 3 N–H and O–H groups in total. The summed E-state index contributed by atoms with van der Waals surface area (Å²) in [7, 11) is 0. The van der Waals surface area contributed by atoms with Crippen LogP contribution in [-0.2, 0) is 0 Å². The van der Waals surface area contributed by atoms with Crippen molar-refractivity contribution in [3.63, 3.8) is 0 Å². The monoisotopic (exact) mass is 201 g/mol. The molecule has 0 bridgehead atoms. The van der Waals surface area contributed by atoms with E-state index in [-0.39, 0.29) is 0 Å². The van der Waals surface area contributed by atoms with E-state index in [2.05, 4.69) is 20.3 Å². The minimum atomic E-state index is 0.439. The summed E-state index contributed by atoms with van der Waals surface area (Å²) in [5.41, 5.74) is 7.37. The van der Waals surface area contributed by atoms with Crippen LogP contribution in [0, 0.1) is 6.92 Å². The van der Waals surface area contributed by atoms with E-state index < -0.39 is 0 Å². The number of pyridine rings is 1. The van der Waals surface area contributed by atoms with Crippen LogP contribution in [-0.4, -0.2) is 15.0 Å². The first-order chi connectivity index (χ1) is 7.25. The van der Waals surface area contributed by atoms with Crippen LogP contribution < -0.4 is 11.1 Å². The Bertz CT molecular complexity index is 469. The summed E-state index contributed by atoms with van der Waals surface area (Å²) in [6, 6.07) is 5.47. The third-order valence-electron chi connectivity index (χ3n) is 1.96. The normalized spacial score (nSPS) is 9.93. The van der Waals surface area contributed by atoms with Gasteiger partial charge in [-0.25, -0.2) is 9.97 Å². The Morgan fingerprint density at radius 3 is 2.87 bits per heavy atom. The summed E-state index contributed by atoms with van der Waals surface area (Å²) in [5, 5.41) is 3.12. The smallest absolute Gasteiger partial charge is 0.135 e. The number of rotatable bonds is 2. The molecule has 0 fully saturated rings. The Labute approximate surface area is 87.4 Å². The number of aromatic nitrogens is 3. The molecule has 0 aromatic carbocycles. The van der Waals surface area contributed by atoms with Crippen molar-refractivity contribution in [3.05, 3.63) is 36.4 Å². The molecule has 0 aliphatic heterocycles. The molecule has 0 aliphatic rings. The van der Waals surface area contributed by atoms with E-state index in [1.165, 1.54) is 6.33 Å². The number of anilines is 3. The molecule has 5 nitrogen and oxygen atoms in total. The number of nitrogens with one attached hydrogen (secondary N) is 1. The van der Waals surface area contributed by atoms with Gasteiger partial charge in [0, 0.05) is 12.3 Å². The van der Waals surface area contributed by atoms with Crippen LogP contribution in [0.2, 0.25) is 0 Å². The van der Waals surface area contributed by atoms with Gasteiger partial charge in [-0.3, -0.25) is 4.98 Å². The van der Waals surface area contributed by atoms with Gasteiger partial charge in [-0.1, -0.05) is 0 Å². The second-order valence-corrected chi connectivity index (χ2v) is 3.09. The predicted molar refractivity (Wildman–Crippen MR) is 58.7 cm³/mol. The van der Waals surface area contributed by atoms with Gasteiger partial charge in [0.15, 0.2) is 0 Å². The Morgan fingerprint density at radius 2 is 2.13 bits per heavy atom. The molecule has 0 unspecified atom stereocenters. The van der Waals surface area contributed by atoms with Crippen molar-refractivity contribution < 1.29 is 0 Å². The number of nitrogen functional groups attached to an aromatic ring is 1. The zero-order valence-electron chi connectivity index (χ0n) is 8.31. The standard InChI is InChI=1S/C10H11N5/c1-7-8(3-2-4-12-7)15-10-5-9(11)13-6-14-10/h2-6H,1H3,(H3,11,13,14,15). The molecule has 15 heavy (non-hydrogen) atoms. The zero-order valence-corrected chi connectivity index (χ0v) is 8.31. The molecule has 2 rings (SSSR count). The fraction of sp³-hybridized carbons (Fsp3) is 0.100. The van der Waals surface area contributed by atoms with Gasteiger partial charge in [0.25, 0.3) is 0 Å². The number of hydrogen-bond donors (Lipinski definition) is 2. The maximum absolute atomic E-state index is 5.54. The van der Waals surface area contributed by atoms with E-state index in [9.17, 15) is 0 Å². The summed E-state index contributed by atoms with van der Waals surface area (Å²) in [5.74, 6) is 1.10. The van der Waals surface area contributed by atoms with Gasteiger partial charge < -0.3 is 11.1 Å². The van der Waals surface area contributed by atoms with E-state index in [0.29, 0.717) is 11.6 Å². The molecule has 5 heteroatoms. The number of nitrogens with two attached hydrogens (primary N) is 1. The largest absolute Gasteiger partial charge is 0.384 e. The lowest BCUT2D eigenvalue weighted by Crippen LogP contribution is -1.99. The fourth-order valence-corrected chi connectivity index (χ4v) is 1.20. The lowest BCUT2D eigenvalue weighted by atomic mass is 10.3. The highest BCUT2D eigenvalue weighted by atomic mass is 15.0. The van der Waals surface area contributed by atoms with E-state index >= 15 is 0 Å². The SMILES string of the molecule is Cc1ncccc1Nc1cc(N)ncn1. The maximum Gasteiger partial charge on any atom is 0.135 e.